The maximum atomic E-state index is 14.0. The van der Waals surface area contributed by atoms with Crippen LogP contribution in [0.4, 0.5) is 17.6 Å². The van der Waals surface area contributed by atoms with Crippen LogP contribution in [0.2, 0.25) is 0 Å². The fourth-order valence-electron chi connectivity index (χ4n) is 4.36. The number of likely N-dealkylation sites (tertiary alicyclic amines) is 1. The smallest absolute Gasteiger partial charge is 0.315 e. The highest BCUT2D eigenvalue weighted by atomic mass is 19.3. The summed E-state index contributed by atoms with van der Waals surface area (Å²) in [5.41, 5.74) is 2.29. The van der Waals surface area contributed by atoms with Crippen molar-refractivity contribution in [2.45, 2.75) is 24.9 Å². The van der Waals surface area contributed by atoms with Crippen molar-refractivity contribution in [3.8, 4) is 0 Å². The molecule has 142 valence electrons. The fraction of sp³-hybridized carbons (Fsp3) is 0.350. The number of amides is 1. The van der Waals surface area contributed by atoms with Gasteiger partial charge in [-0.2, -0.15) is 8.78 Å². The Morgan fingerprint density at radius 1 is 1.11 bits per heavy atom. The van der Waals surface area contributed by atoms with E-state index in [2.05, 4.69) is 5.32 Å². The minimum Gasteiger partial charge on any atom is -0.344 e. The van der Waals surface area contributed by atoms with Gasteiger partial charge in [0.25, 0.3) is 5.91 Å². The highest BCUT2D eigenvalue weighted by Gasteiger charge is 2.47. The first-order chi connectivity index (χ1) is 12.9. The topological polar surface area (TPSA) is 32.3 Å². The average Bonchev–Trinajstić information content (AvgIpc) is 3.16. The quantitative estimate of drug-likeness (QED) is 0.825. The molecule has 2 aliphatic rings. The molecule has 0 saturated carbocycles. The van der Waals surface area contributed by atoms with Gasteiger partial charge in [0.1, 0.15) is 11.6 Å². The summed E-state index contributed by atoms with van der Waals surface area (Å²) in [5.74, 6) is -2.49. The molecule has 1 N–H and O–H groups in total. The van der Waals surface area contributed by atoms with E-state index in [0.29, 0.717) is 25.2 Å². The standard InChI is InChI=1S/C20H18F4N2O/c21-12-6-5-11(17(22)7-12)8-26-9-15-13-3-1-2-4-14(13)18(16(15)10-26)25-20(27)19(23)24/h1-7,15-16,18-19H,8-10H2,(H,25,27)/t15-,16-,18+/m0/s1. The van der Waals surface area contributed by atoms with Crippen molar-refractivity contribution in [2.24, 2.45) is 5.92 Å². The number of hydrogen-bond donors (Lipinski definition) is 1. The molecule has 1 aliphatic carbocycles. The van der Waals surface area contributed by atoms with Crippen LogP contribution in [0, 0.1) is 17.6 Å². The first-order valence-corrected chi connectivity index (χ1v) is 8.77. The van der Waals surface area contributed by atoms with Crippen LogP contribution in [0.3, 0.4) is 0 Å². The van der Waals surface area contributed by atoms with Crippen LogP contribution < -0.4 is 5.32 Å². The minimum atomic E-state index is -3.07. The van der Waals surface area contributed by atoms with Gasteiger partial charge in [-0.1, -0.05) is 30.3 Å². The van der Waals surface area contributed by atoms with Gasteiger partial charge in [-0.3, -0.25) is 9.69 Å². The highest BCUT2D eigenvalue weighted by molar-refractivity contribution is 5.79. The number of nitrogens with one attached hydrogen (secondary N) is 1. The molecule has 0 unspecified atom stereocenters. The van der Waals surface area contributed by atoms with Gasteiger partial charge in [-0.05, 0) is 17.2 Å². The Morgan fingerprint density at radius 3 is 2.56 bits per heavy atom. The van der Waals surface area contributed by atoms with E-state index in [4.69, 9.17) is 0 Å². The lowest BCUT2D eigenvalue weighted by molar-refractivity contribution is -0.132. The third kappa shape index (κ3) is 3.32. The van der Waals surface area contributed by atoms with Gasteiger partial charge in [0.2, 0.25) is 0 Å². The van der Waals surface area contributed by atoms with E-state index < -0.39 is 30.0 Å². The van der Waals surface area contributed by atoms with Crippen LogP contribution in [-0.4, -0.2) is 30.3 Å². The van der Waals surface area contributed by atoms with Crippen LogP contribution in [0.1, 0.15) is 28.7 Å². The molecule has 2 aromatic carbocycles. The largest absolute Gasteiger partial charge is 0.344 e. The van der Waals surface area contributed by atoms with Crippen molar-refractivity contribution in [2.75, 3.05) is 13.1 Å². The summed E-state index contributed by atoms with van der Waals surface area (Å²) >= 11 is 0. The zero-order chi connectivity index (χ0) is 19.1. The fourth-order valence-corrected chi connectivity index (χ4v) is 4.36. The SMILES string of the molecule is O=C(N[C@@H]1c2ccccc2[C@@H]2CN(Cc3ccc(F)cc3F)C[C@H]12)C(F)F. The average molecular weight is 378 g/mol. The van der Waals surface area contributed by atoms with Gasteiger partial charge in [0.15, 0.2) is 0 Å². The van der Waals surface area contributed by atoms with Crippen LogP contribution in [0.15, 0.2) is 42.5 Å². The molecule has 1 saturated heterocycles. The number of carbonyl (C=O) groups excluding carboxylic acids is 1. The van der Waals surface area contributed by atoms with E-state index in [9.17, 15) is 22.4 Å². The number of fused-ring (bicyclic) bond motifs is 3. The number of halogens is 4. The number of alkyl halides is 2. The molecule has 2 aromatic rings. The van der Waals surface area contributed by atoms with Crippen molar-refractivity contribution in [1.82, 2.24) is 10.2 Å². The van der Waals surface area contributed by atoms with E-state index in [0.717, 1.165) is 17.2 Å². The zero-order valence-corrected chi connectivity index (χ0v) is 14.3. The molecule has 0 aromatic heterocycles. The Hall–Kier alpha value is -2.41. The van der Waals surface area contributed by atoms with Crippen molar-refractivity contribution in [3.63, 3.8) is 0 Å². The van der Waals surface area contributed by atoms with Crippen LogP contribution in [0.5, 0.6) is 0 Å². The molecule has 1 amide bonds. The summed E-state index contributed by atoms with van der Waals surface area (Å²) in [4.78, 5) is 13.6. The van der Waals surface area contributed by atoms with Gasteiger partial charge < -0.3 is 5.32 Å². The Labute approximate surface area is 154 Å². The predicted molar refractivity (Wildman–Crippen MR) is 91.2 cm³/mol. The maximum absolute atomic E-state index is 14.0. The van der Waals surface area contributed by atoms with E-state index in [1.165, 1.54) is 12.1 Å². The Balaban J connectivity index is 1.56. The minimum absolute atomic E-state index is 0.0615. The molecular formula is C20H18F4N2O. The Kier molecular flexibility index (Phi) is 4.63. The van der Waals surface area contributed by atoms with Crippen molar-refractivity contribution in [3.05, 3.63) is 70.8 Å². The van der Waals surface area contributed by atoms with E-state index >= 15 is 0 Å². The Morgan fingerprint density at radius 2 is 1.85 bits per heavy atom. The normalized spacial score (nSPS) is 24.1. The van der Waals surface area contributed by atoms with E-state index in [1.807, 2.05) is 29.2 Å². The molecule has 7 heteroatoms. The summed E-state index contributed by atoms with van der Waals surface area (Å²) in [6, 6.07) is 10.5. The molecule has 4 rings (SSSR count). The predicted octanol–water partition coefficient (Wildman–Crippen LogP) is 3.62. The number of carbonyl (C=O) groups is 1. The molecule has 0 bridgehead atoms. The lowest BCUT2D eigenvalue weighted by Crippen LogP contribution is -2.36. The molecule has 3 nitrogen and oxygen atoms in total. The summed E-state index contributed by atoms with van der Waals surface area (Å²) in [6.45, 7) is 1.46. The maximum Gasteiger partial charge on any atom is 0.315 e. The molecule has 1 aliphatic heterocycles. The Bertz CT molecular complexity index is 873. The number of rotatable bonds is 4. The molecular weight excluding hydrogens is 360 g/mol. The first-order valence-electron chi connectivity index (χ1n) is 8.77. The summed E-state index contributed by atoms with van der Waals surface area (Å²) < 4.78 is 52.6. The van der Waals surface area contributed by atoms with Gasteiger partial charge in [-0.25, -0.2) is 8.78 Å². The molecule has 0 radical (unpaired) electrons. The van der Waals surface area contributed by atoms with Crippen molar-refractivity contribution in [1.29, 1.82) is 0 Å². The number of hydrogen-bond acceptors (Lipinski definition) is 2. The lowest BCUT2D eigenvalue weighted by atomic mass is 9.94. The van der Waals surface area contributed by atoms with E-state index in [-0.39, 0.29) is 11.8 Å². The van der Waals surface area contributed by atoms with Gasteiger partial charge in [0.05, 0.1) is 6.04 Å². The summed E-state index contributed by atoms with van der Waals surface area (Å²) in [6.07, 6.45) is -3.07. The van der Waals surface area contributed by atoms with Crippen molar-refractivity contribution < 1.29 is 22.4 Å². The highest BCUT2D eigenvalue weighted by Crippen LogP contribution is 2.49. The van der Waals surface area contributed by atoms with Crippen LogP contribution >= 0.6 is 0 Å². The summed E-state index contributed by atoms with van der Waals surface area (Å²) in [5, 5.41) is 2.47. The van der Waals surface area contributed by atoms with Crippen LogP contribution in [-0.2, 0) is 11.3 Å². The van der Waals surface area contributed by atoms with Gasteiger partial charge >= 0.3 is 6.43 Å². The second-order valence-electron chi connectivity index (χ2n) is 7.12. The number of benzene rings is 2. The lowest BCUT2D eigenvalue weighted by Gasteiger charge is -2.23. The zero-order valence-electron chi connectivity index (χ0n) is 14.3. The molecule has 3 atom stereocenters. The number of nitrogens with zero attached hydrogens (tertiary/aromatic N) is 1. The molecule has 27 heavy (non-hydrogen) atoms. The van der Waals surface area contributed by atoms with E-state index in [1.54, 1.807) is 0 Å². The molecule has 0 spiro atoms. The second-order valence-corrected chi connectivity index (χ2v) is 7.12. The summed E-state index contributed by atoms with van der Waals surface area (Å²) in [7, 11) is 0. The second kappa shape index (κ2) is 6.96. The van der Waals surface area contributed by atoms with Crippen molar-refractivity contribution >= 4 is 5.91 Å². The molecule has 1 fully saturated rings. The third-order valence-corrected chi connectivity index (χ3v) is 5.50. The van der Waals surface area contributed by atoms with Gasteiger partial charge in [-0.15, -0.1) is 0 Å². The third-order valence-electron chi connectivity index (χ3n) is 5.50. The first kappa shape index (κ1) is 18.0. The van der Waals surface area contributed by atoms with Crippen LogP contribution in [0.25, 0.3) is 0 Å². The molecule has 1 heterocycles. The monoisotopic (exact) mass is 378 g/mol. The van der Waals surface area contributed by atoms with Gasteiger partial charge in [0, 0.05) is 43.1 Å².